The number of carbonyl (C=O) groups is 2. The highest BCUT2D eigenvalue weighted by atomic mass is 16.5. The smallest absolute Gasteiger partial charge is 0.307 e. The first kappa shape index (κ1) is 14.9. The van der Waals surface area contributed by atoms with Gasteiger partial charge in [0.05, 0.1) is 18.4 Å². The van der Waals surface area contributed by atoms with Gasteiger partial charge in [-0.05, 0) is 12.8 Å². The predicted octanol–water partition coefficient (Wildman–Crippen LogP) is 0.663. The Balaban J connectivity index is 2.44. The Morgan fingerprint density at radius 3 is 2.67 bits per heavy atom. The van der Waals surface area contributed by atoms with Crippen molar-refractivity contribution >= 4 is 11.9 Å². The molecular weight excluding hydrogens is 238 g/mol. The molecule has 2 unspecified atom stereocenters. The number of rotatable bonds is 8. The fraction of sp³-hybridized carbons (Fsp3) is 0.833. The van der Waals surface area contributed by atoms with Crippen LogP contribution in [-0.2, 0) is 14.3 Å². The lowest BCUT2D eigenvalue weighted by molar-refractivity contribution is -0.141. The van der Waals surface area contributed by atoms with Gasteiger partial charge in [0.1, 0.15) is 0 Å². The standard InChI is InChI=1S/C12H21NO5/c1-9(12(16)17)7-13(5-4-11(14)15)8-10-3-2-6-18-10/h9-10H,2-8H2,1H3,(H,14,15)(H,16,17). The Labute approximate surface area is 107 Å². The Hall–Kier alpha value is -1.14. The van der Waals surface area contributed by atoms with E-state index in [1.54, 1.807) is 6.92 Å². The molecule has 6 nitrogen and oxygen atoms in total. The number of aliphatic carboxylic acids is 2. The summed E-state index contributed by atoms with van der Waals surface area (Å²) < 4.78 is 5.50. The van der Waals surface area contributed by atoms with Crippen molar-refractivity contribution in [2.45, 2.75) is 32.3 Å². The molecule has 0 aromatic rings. The molecule has 0 saturated carbocycles. The molecule has 0 radical (unpaired) electrons. The van der Waals surface area contributed by atoms with Gasteiger partial charge in [-0.25, -0.2) is 0 Å². The highest BCUT2D eigenvalue weighted by Crippen LogP contribution is 2.14. The van der Waals surface area contributed by atoms with Crippen LogP contribution in [0.2, 0.25) is 0 Å². The van der Waals surface area contributed by atoms with Crippen molar-refractivity contribution < 1.29 is 24.5 Å². The Kier molecular flexibility index (Phi) is 6.07. The van der Waals surface area contributed by atoms with Gasteiger partial charge in [0, 0.05) is 26.2 Å². The van der Waals surface area contributed by atoms with Crippen LogP contribution in [0.3, 0.4) is 0 Å². The molecule has 1 heterocycles. The Morgan fingerprint density at radius 1 is 1.44 bits per heavy atom. The van der Waals surface area contributed by atoms with Crippen LogP contribution < -0.4 is 0 Å². The maximum atomic E-state index is 10.8. The lowest BCUT2D eigenvalue weighted by Crippen LogP contribution is -2.38. The van der Waals surface area contributed by atoms with Gasteiger partial charge < -0.3 is 14.9 Å². The molecule has 1 aliphatic rings. The SMILES string of the molecule is CC(CN(CCC(=O)O)CC1CCCO1)C(=O)O. The quantitative estimate of drug-likeness (QED) is 0.666. The van der Waals surface area contributed by atoms with Gasteiger partial charge in [-0.3, -0.25) is 14.5 Å². The Bertz CT molecular complexity index is 288. The molecule has 1 saturated heterocycles. The lowest BCUT2D eigenvalue weighted by atomic mass is 10.1. The molecule has 104 valence electrons. The first-order valence-electron chi connectivity index (χ1n) is 6.27. The normalized spacial score (nSPS) is 21.1. The van der Waals surface area contributed by atoms with E-state index < -0.39 is 17.9 Å². The van der Waals surface area contributed by atoms with E-state index in [1.807, 2.05) is 4.90 Å². The maximum Gasteiger partial charge on any atom is 0.307 e. The fourth-order valence-electron chi connectivity index (χ4n) is 2.05. The molecule has 0 aromatic carbocycles. The van der Waals surface area contributed by atoms with E-state index in [4.69, 9.17) is 14.9 Å². The number of carboxylic acids is 2. The van der Waals surface area contributed by atoms with E-state index in [9.17, 15) is 9.59 Å². The second-order valence-electron chi connectivity index (χ2n) is 4.78. The first-order valence-corrected chi connectivity index (χ1v) is 6.27. The zero-order valence-corrected chi connectivity index (χ0v) is 10.7. The second-order valence-corrected chi connectivity index (χ2v) is 4.78. The third kappa shape index (κ3) is 5.46. The van der Waals surface area contributed by atoms with Crippen molar-refractivity contribution in [3.8, 4) is 0 Å². The molecule has 1 aliphatic heterocycles. The third-order valence-electron chi connectivity index (χ3n) is 3.08. The van der Waals surface area contributed by atoms with Gasteiger partial charge in [0.25, 0.3) is 0 Å². The van der Waals surface area contributed by atoms with Crippen LogP contribution in [0.5, 0.6) is 0 Å². The zero-order valence-electron chi connectivity index (χ0n) is 10.7. The summed E-state index contributed by atoms with van der Waals surface area (Å²) in [5.41, 5.74) is 0. The minimum absolute atomic E-state index is 0.0268. The van der Waals surface area contributed by atoms with Gasteiger partial charge in [0.15, 0.2) is 0 Å². The van der Waals surface area contributed by atoms with E-state index in [-0.39, 0.29) is 12.5 Å². The van der Waals surface area contributed by atoms with Crippen molar-refractivity contribution in [1.82, 2.24) is 4.90 Å². The summed E-state index contributed by atoms with van der Waals surface area (Å²) in [6, 6.07) is 0. The molecule has 0 spiro atoms. The molecule has 6 heteroatoms. The summed E-state index contributed by atoms with van der Waals surface area (Å²) in [6.45, 7) is 3.72. The first-order chi connectivity index (χ1) is 8.49. The van der Waals surface area contributed by atoms with Crippen LogP contribution in [0.15, 0.2) is 0 Å². The number of ether oxygens (including phenoxy) is 1. The summed E-state index contributed by atoms with van der Waals surface area (Å²) in [5, 5.41) is 17.6. The molecular formula is C12H21NO5. The van der Waals surface area contributed by atoms with Crippen LogP contribution >= 0.6 is 0 Å². The molecule has 1 rings (SSSR count). The molecule has 0 bridgehead atoms. The number of nitrogens with zero attached hydrogens (tertiary/aromatic N) is 1. The van der Waals surface area contributed by atoms with Crippen molar-refractivity contribution in [3.63, 3.8) is 0 Å². The van der Waals surface area contributed by atoms with E-state index >= 15 is 0 Å². The van der Waals surface area contributed by atoms with E-state index in [1.165, 1.54) is 0 Å². The topological polar surface area (TPSA) is 87.1 Å². The number of hydrogen-bond donors (Lipinski definition) is 2. The molecule has 2 atom stereocenters. The van der Waals surface area contributed by atoms with Gasteiger partial charge in [-0.15, -0.1) is 0 Å². The van der Waals surface area contributed by atoms with Crippen molar-refractivity contribution in [3.05, 3.63) is 0 Å². The zero-order chi connectivity index (χ0) is 13.5. The summed E-state index contributed by atoms with van der Waals surface area (Å²) in [5.74, 6) is -2.22. The lowest BCUT2D eigenvalue weighted by Gasteiger charge is -2.26. The third-order valence-corrected chi connectivity index (χ3v) is 3.08. The van der Waals surface area contributed by atoms with Crippen LogP contribution in [-0.4, -0.2) is 59.4 Å². The number of hydrogen-bond acceptors (Lipinski definition) is 4. The van der Waals surface area contributed by atoms with Gasteiger partial charge in [-0.2, -0.15) is 0 Å². The van der Waals surface area contributed by atoms with Crippen LogP contribution in [0, 0.1) is 5.92 Å². The maximum absolute atomic E-state index is 10.8. The molecule has 1 fully saturated rings. The second kappa shape index (κ2) is 7.33. The Morgan fingerprint density at radius 2 is 2.17 bits per heavy atom. The van der Waals surface area contributed by atoms with Gasteiger partial charge >= 0.3 is 11.9 Å². The molecule has 18 heavy (non-hydrogen) atoms. The van der Waals surface area contributed by atoms with E-state index in [0.717, 1.165) is 19.4 Å². The number of carboxylic acid groups (broad SMARTS) is 2. The molecule has 0 aromatic heterocycles. The average Bonchev–Trinajstić information content (AvgIpc) is 2.78. The van der Waals surface area contributed by atoms with Crippen LogP contribution in [0.4, 0.5) is 0 Å². The minimum atomic E-state index is -0.865. The van der Waals surface area contributed by atoms with E-state index in [2.05, 4.69) is 0 Å². The molecule has 0 aliphatic carbocycles. The summed E-state index contributed by atoms with van der Waals surface area (Å²) in [4.78, 5) is 23.3. The monoisotopic (exact) mass is 259 g/mol. The van der Waals surface area contributed by atoms with Crippen LogP contribution in [0.25, 0.3) is 0 Å². The molecule has 0 amide bonds. The predicted molar refractivity (Wildman–Crippen MR) is 64.5 cm³/mol. The summed E-state index contributed by atoms with van der Waals surface area (Å²) >= 11 is 0. The van der Waals surface area contributed by atoms with Crippen molar-refractivity contribution in [2.24, 2.45) is 5.92 Å². The largest absolute Gasteiger partial charge is 0.481 e. The molecule has 2 N–H and O–H groups in total. The van der Waals surface area contributed by atoms with Gasteiger partial charge in [0.2, 0.25) is 0 Å². The highest BCUT2D eigenvalue weighted by molar-refractivity contribution is 5.69. The van der Waals surface area contributed by atoms with Crippen molar-refractivity contribution in [2.75, 3.05) is 26.2 Å². The summed E-state index contributed by atoms with van der Waals surface area (Å²) in [6.07, 6.45) is 2.12. The van der Waals surface area contributed by atoms with Gasteiger partial charge in [-0.1, -0.05) is 6.92 Å². The summed E-state index contributed by atoms with van der Waals surface area (Å²) in [7, 11) is 0. The van der Waals surface area contributed by atoms with Crippen LogP contribution in [0.1, 0.15) is 26.2 Å². The van der Waals surface area contributed by atoms with Crippen molar-refractivity contribution in [1.29, 1.82) is 0 Å². The fourth-order valence-corrected chi connectivity index (χ4v) is 2.05. The van der Waals surface area contributed by atoms with E-state index in [0.29, 0.717) is 19.6 Å². The highest BCUT2D eigenvalue weighted by Gasteiger charge is 2.22. The average molecular weight is 259 g/mol. The minimum Gasteiger partial charge on any atom is -0.481 e.